The first-order chi connectivity index (χ1) is 7.66. The maximum Gasteiger partial charge on any atom is 0.165 e. The number of hydrogen-bond donors (Lipinski definition) is 1. The van der Waals surface area contributed by atoms with E-state index in [0.717, 1.165) is 0 Å². The molecule has 0 aliphatic heterocycles. The van der Waals surface area contributed by atoms with Gasteiger partial charge < -0.3 is 9.84 Å². The van der Waals surface area contributed by atoms with Crippen molar-refractivity contribution >= 4 is 0 Å². The van der Waals surface area contributed by atoms with Gasteiger partial charge in [0.05, 0.1) is 12.7 Å². The van der Waals surface area contributed by atoms with Gasteiger partial charge in [0, 0.05) is 0 Å². The van der Waals surface area contributed by atoms with Crippen LogP contribution >= 0.6 is 0 Å². The Balaban J connectivity index is 1.98. The smallest absolute Gasteiger partial charge is 0.165 e. The highest BCUT2D eigenvalue weighted by Crippen LogP contribution is 2.28. The summed E-state index contributed by atoms with van der Waals surface area (Å²) in [5.74, 6) is 0.491. The summed E-state index contributed by atoms with van der Waals surface area (Å²) in [5, 5.41) is 9.30. The van der Waals surface area contributed by atoms with Gasteiger partial charge in [-0.25, -0.2) is 4.39 Å². The highest BCUT2D eigenvalue weighted by Gasteiger charge is 2.18. The van der Waals surface area contributed by atoms with Crippen LogP contribution in [0.1, 0.15) is 37.9 Å². The van der Waals surface area contributed by atoms with Crippen LogP contribution in [0.15, 0.2) is 18.2 Å². The summed E-state index contributed by atoms with van der Waals surface area (Å²) < 4.78 is 19.0. The zero-order valence-electron chi connectivity index (χ0n) is 9.45. The number of rotatable bonds is 4. The predicted molar refractivity (Wildman–Crippen MR) is 59.9 cm³/mol. The second kappa shape index (κ2) is 4.83. The van der Waals surface area contributed by atoms with E-state index >= 15 is 0 Å². The van der Waals surface area contributed by atoms with Crippen LogP contribution in [0.2, 0.25) is 0 Å². The molecule has 1 aliphatic rings. The van der Waals surface area contributed by atoms with E-state index in [4.69, 9.17) is 4.74 Å². The Morgan fingerprint density at radius 3 is 2.75 bits per heavy atom. The van der Waals surface area contributed by atoms with Crippen molar-refractivity contribution in [3.63, 3.8) is 0 Å². The van der Waals surface area contributed by atoms with E-state index < -0.39 is 11.9 Å². The molecular weight excluding hydrogens is 207 g/mol. The normalized spacial score (nSPS) is 17.9. The summed E-state index contributed by atoms with van der Waals surface area (Å²) in [4.78, 5) is 0. The molecule has 1 unspecified atom stereocenters. The van der Waals surface area contributed by atoms with Crippen LogP contribution in [0.25, 0.3) is 0 Å². The fourth-order valence-corrected chi connectivity index (χ4v) is 1.76. The molecule has 0 saturated heterocycles. The van der Waals surface area contributed by atoms with E-state index in [1.807, 2.05) is 0 Å². The number of halogens is 1. The van der Waals surface area contributed by atoms with Gasteiger partial charge in [0.15, 0.2) is 11.6 Å². The van der Waals surface area contributed by atoms with Crippen molar-refractivity contribution in [1.29, 1.82) is 0 Å². The molecule has 88 valence electrons. The zero-order chi connectivity index (χ0) is 11.5. The van der Waals surface area contributed by atoms with Gasteiger partial charge in [0.1, 0.15) is 0 Å². The molecule has 1 saturated carbocycles. The van der Waals surface area contributed by atoms with Crippen LogP contribution in [0.4, 0.5) is 4.39 Å². The van der Waals surface area contributed by atoms with Crippen molar-refractivity contribution in [1.82, 2.24) is 0 Å². The average Bonchev–Trinajstić information content (AvgIpc) is 2.17. The van der Waals surface area contributed by atoms with Gasteiger partial charge in [-0.05, 0) is 43.4 Å². The third-order valence-corrected chi connectivity index (χ3v) is 3.14. The third-order valence-electron chi connectivity index (χ3n) is 3.14. The summed E-state index contributed by atoms with van der Waals surface area (Å²) >= 11 is 0. The van der Waals surface area contributed by atoms with Crippen LogP contribution in [0.5, 0.6) is 5.75 Å². The number of hydrogen-bond acceptors (Lipinski definition) is 2. The molecule has 3 heteroatoms. The minimum Gasteiger partial charge on any atom is -0.490 e. The summed E-state index contributed by atoms with van der Waals surface area (Å²) in [6.45, 7) is 2.22. The summed E-state index contributed by atoms with van der Waals surface area (Å²) in [6, 6.07) is 4.63. The molecule has 0 heterocycles. The van der Waals surface area contributed by atoms with Gasteiger partial charge in [0.2, 0.25) is 0 Å². The van der Waals surface area contributed by atoms with E-state index in [1.54, 1.807) is 19.1 Å². The van der Waals surface area contributed by atoms with Gasteiger partial charge in [-0.1, -0.05) is 12.5 Å². The molecule has 2 nitrogen and oxygen atoms in total. The van der Waals surface area contributed by atoms with Crippen LogP contribution in [-0.2, 0) is 0 Å². The Labute approximate surface area is 95.1 Å². The maximum absolute atomic E-state index is 13.5. The number of aliphatic hydroxyl groups is 1. The Hall–Kier alpha value is -1.09. The molecule has 1 aromatic carbocycles. The summed E-state index contributed by atoms with van der Waals surface area (Å²) in [6.07, 6.45) is 2.99. The van der Waals surface area contributed by atoms with Crippen molar-refractivity contribution in [2.75, 3.05) is 6.61 Å². The largest absolute Gasteiger partial charge is 0.490 e. The van der Waals surface area contributed by atoms with Crippen molar-refractivity contribution in [2.24, 2.45) is 5.92 Å². The number of ether oxygens (including phenoxy) is 1. The topological polar surface area (TPSA) is 29.5 Å². The monoisotopic (exact) mass is 224 g/mol. The molecule has 2 rings (SSSR count). The summed E-state index contributed by atoms with van der Waals surface area (Å²) in [5.41, 5.74) is 0.577. The van der Waals surface area contributed by atoms with E-state index in [1.165, 1.54) is 25.3 Å². The molecule has 0 spiro atoms. The molecule has 0 aromatic heterocycles. The van der Waals surface area contributed by atoms with E-state index in [2.05, 4.69) is 0 Å². The lowest BCUT2D eigenvalue weighted by Crippen LogP contribution is -2.19. The molecule has 1 fully saturated rings. The molecule has 1 aromatic rings. The van der Waals surface area contributed by atoms with Crippen molar-refractivity contribution in [2.45, 2.75) is 32.3 Å². The van der Waals surface area contributed by atoms with Crippen LogP contribution < -0.4 is 4.74 Å². The number of aliphatic hydroxyl groups excluding tert-OH is 1. The summed E-state index contributed by atoms with van der Waals surface area (Å²) in [7, 11) is 0. The Morgan fingerprint density at radius 2 is 2.25 bits per heavy atom. The van der Waals surface area contributed by atoms with E-state index in [9.17, 15) is 9.50 Å². The van der Waals surface area contributed by atoms with Gasteiger partial charge in [-0.15, -0.1) is 0 Å². The highest BCUT2D eigenvalue weighted by atomic mass is 19.1. The van der Waals surface area contributed by atoms with E-state index in [0.29, 0.717) is 18.1 Å². The first-order valence-electron chi connectivity index (χ1n) is 5.77. The molecule has 0 radical (unpaired) electrons. The van der Waals surface area contributed by atoms with Gasteiger partial charge in [-0.2, -0.15) is 0 Å². The predicted octanol–water partition coefficient (Wildman–Crippen LogP) is 3.06. The lowest BCUT2D eigenvalue weighted by molar-refractivity contribution is 0.174. The average molecular weight is 224 g/mol. The second-order valence-electron chi connectivity index (χ2n) is 4.47. The molecule has 1 N–H and O–H groups in total. The SMILES string of the molecule is CC(O)c1ccc(OCC2CCC2)c(F)c1. The number of benzene rings is 1. The molecular formula is C13H17FO2. The van der Waals surface area contributed by atoms with Crippen molar-refractivity contribution in [3.8, 4) is 5.75 Å². The maximum atomic E-state index is 13.5. The molecule has 0 amide bonds. The standard InChI is InChI=1S/C13H17FO2/c1-9(15)11-5-6-13(12(14)7-11)16-8-10-3-2-4-10/h5-7,9-10,15H,2-4,8H2,1H3. The fourth-order valence-electron chi connectivity index (χ4n) is 1.76. The minimum atomic E-state index is -0.643. The van der Waals surface area contributed by atoms with Gasteiger partial charge >= 0.3 is 0 Å². The van der Waals surface area contributed by atoms with Crippen LogP contribution in [-0.4, -0.2) is 11.7 Å². The third kappa shape index (κ3) is 2.53. The first kappa shape index (κ1) is 11.4. The lowest BCUT2D eigenvalue weighted by Gasteiger charge is -2.25. The minimum absolute atomic E-state index is 0.288. The molecule has 0 bridgehead atoms. The Kier molecular flexibility index (Phi) is 3.44. The van der Waals surface area contributed by atoms with Gasteiger partial charge in [0.25, 0.3) is 0 Å². The van der Waals surface area contributed by atoms with Crippen LogP contribution in [0.3, 0.4) is 0 Å². The quantitative estimate of drug-likeness (QED) is 0.851. The highest BCUT2D eigenvalue weighted by molar-refractivity contribution is 5.30. The lowest BCUT2D eigenvalue weighted by atomic mass is 9.86. The van der Waals surface area contributed by atoms with E-state index in [-0.39, 0.29) is 5.75 Å². The van der Waals surface area contributed by atoms with Crippen LogP contribution in [0, 0.1) is 11.7 Å². The first-order valence-corrected chi connectivity index (χ1v) is 5.77. The second-order valence-corrected chi connectivity index (χ2v) is 4.47. The Bertz CT molecular complexity index is 359. The van der Waals surface area contributed by atoms with Crippen molar-refractivity contribution < 1.29 is 14.2 Å². The Morgan fingerprint density at radius 1 is 1.50 bits per heavy atom. The molecule has 16 heavy (non-hydrogen) atoms. The van der Waals surface area contributed by atoms with Gasteiger partial charge in [-0.3, -0.25) is 0 Å². The fraction of sp³-hybridized carbons (Fsp3) is 0.538. The van der Waals surface area contributed by atoms with Crippen molar-refractivity contribution in [3.05, 3.63) is 29.6 Å². The molecule has 1 atom stereocenters. The molecule has 1 aliphatic carbocycles. The zero-order valence-corrected chi connectivity index (χ0v) is 9.45.